The minimum atomic E-state index is -0.636. The van der Waals surface area contributed by atoms with Crippen LogP contribution in [0.1, 0.15) is 31.0 Å². The number of rotatable bonds is 5. The second kappa shape index (κ2) is 8.84. The lowest BCUT2D eigenvalue weighted by Crippen LogP contribution is -2.39. The van der Waals surface area contributed by atoms with Crippen molar-refractivity contribution in [3.8, 4) is 11.5 Å². The Hall–Kier alpha value is -3.65. The number of thiazole rings is 1. The van der Waals surface area contributed by atoms with Crippen LogP contribution in [0.4, 0.5) is 0 Å². The second-order valence-electron chi connectivity index (χ2n) is 7.14. The molecule has 2 heterocycles. The Bertz CT molecular complexity index is 1390. The molecule has 0 unspecified atom stereocenters. The van der Waals surface area contributed by atoms with Crippen molar-refractivity contribution in [2.75, 3.05) is 13.7 Å². The van der Waals surface area contributed by atoms with E-state index in [1.807, 2.05) is 30.3 Å². The number of benzene rings is 2. The molecular formula is C24H22N2O5S. The molecule has 1 aromatic heterocycles. The first kappa shape index (κ1) is 21.6. The molecule has 3 aromatic rings. The number of hydrogen-bond acceptors (Lipinski definition) is 7. The molecule has 32 heavy (non-hydrogen) atoms. The Morgan fingerprint density at radius 3 is 2.69 bits per heavy atom. The van der Waals surface area contributed by atoms with Crippen LogP contribution < -0.4 is 19.6 Å². The van der Waals surface area contributed by atoms with Crippen molar-refractivity contribution in [2.24, 2.45) is 4.99 Å². The summed E-state index contributed by atoms with van der Waals surface area (Å²) in [4.78, 5) is 31.4. The van der Waals surface area contributed by atoms with Crippen molar-refractivity contribution >= 4 is 23.4 Å². The number of phenolic OH excluding ortho intramolecular Hbond substituents is 1. The molecule has 0 spiro atoms. The number of allylic oxidation sites excluding steroid dienone is 1. The molecule has 1 atom stereocenters. The number of hydrogen-bond donors (Lipinski definition) is 1. The van der Waals surface area contributed by atoms with Gasteiger partial charge < -0.3 is 14.6 Å². The van der Waals surface area contributed by atoms with Gasteiger partial charge in [-0.3, -0.25) is 9.36 Å². The van der Waals surface area contributed by atoms with E-state index in [0.29, 0.717) is 31.9 Å². The Morgan fingerprint density at radius 2 is 2.00 bits per heavy atom. The molecule has 0 bridgehead atoms. The smallest absolute Gasteiger partial charge is 0.338 e. The quantitative estimate of drug-likeness (QED) is 0.604. The number of carbonyl (C=O) groups excluding carboxylic acids is 1. The fourth-order valence-electron chi connectivity index (χ4n) is 3.68. The average Bonchev–Trinajstić information content (AvgIpc) is 3.09. The molecule has 1 N–H and O–H groups in total. The Labute approximate surface area is 188 Å². The van der Waals surface area contributed by atoms with E-state index in [-0.39, 0.29) is 17.9 Å². The fourth-order valence-corrected chi connectivity index (χ4v) is 4.72. The molecule has 0 aliphatic carbocycles. The predicted octanol–water partition coefficient (Wildman–Crippen LogP) is 2.51. The number of ether oxygens (including phenoxy) is 2. The first-order chi connectivity index (χ1) is 15.4. The van der Waals surface area contributed by atoms with Gasteiger partial charge in [0, 0.05) is 0 Å². The van der Waals surface area contributed by atoms with Crippen molar-refractivity contribution in [3.63, 3.8) is 0 Å². The van der Waals surface area contributed by atoms with E-state index in [1.54, 1.807) is 36.6 Å². The zero-order valence-corrected chi connectivity index (χ0v) is 18.7. The maximum absolute atomic E-state index is 13.5. The van der Waals surface area contributed by atoms with Gasteiger partial charge in [0.15, 0.2) is 16.3 Å². The van der Waals surface area contributed by atoms with Gasteiger partial charge in [-0.25, -0.2) is 9.79 Å². The van der Waals surface area contributed by atoms with Crippen molar-refractivity contribution in [1.29, 1.82) is 0 Å². The molecule has 0 fully saturated rings. The fraction of sp³-hybridized carbons (Fsp3) is 0.208. The number of aromatic nitrogens is 1. The lowest BCUT2D eigenvalue weighted by Gasteiger charge is -2.24. The molecule has 0 radical (unpaired) electrons. The van der Waals surface area contributed by atoms with Crippen LogP contribution in [0.3, 0.4) is 0 Å². The van der Waals surface area contributed by atoms with E-state index in [4.69, 9.17) is 9.47 Å². The van der Waals surface area contributed by atoms with Crippen LogP contribution in [-0.2, 0) is 9.53 Å². The molecular weight excluding hydrogens is 428 g/mol. The highest BCUT2D eigenvalue weighted by molar-refractivity contribution is 7.07. The zero-order chi connectivity index (χ0) is 22.8. The molecule has 0 saturated carbocycles. The standard InChI is InChI=1S/C24H22N2O5S/c1-4-31-23(29)20-14(2)25-24-26(21(20)16-8-6-5-7-9-16)22(28)19(32-24)13-15-10-11-17(27)18(12-15)30-3/h5-13,21,27H,4H2,1-3H3/b19-13+/t21-/m1/s1. The topological polar surface area (TPSA) is 90.1 Å². The highest BCUT2D eigenvalue weighted by Crippen LogP contribution is 2.30. The van der Waals surface area contributed by atoms with E-state index in [1.165, 1.54) is 24.5 Å². The Kier molecular flexibility index (Phi) is 5.96. The highest BCUT2D eigenvalue weighted by Gasteiger charge is 2.33. The van der Waals surface area contributed by atoms with E-state index < -0.39 is 12.0 Å². The number of aromatic hydroxyl groups is 1. The van der Waals surface area contributed by atoms with Crippen LogP contribution in [0.25, 0.3) is 6.08 Å². The summed E-state index contributed by atoms with van der Waals surface area (Å²) in [5, 5.41) is 9.84. The normalized spacial score (nSPS) is 15.8. The minimum Gasteiger partial charge on any atom is -0.504 e. The van der Waals surface area contributed by atoms with Crippen molar-refractivity contribution in [2.45, 2.75) is 19.9 Å². The van der Waals surface area contributed by atoms with E-state index in [9.17, 15) is 14.7 Å². The summed E-state index contributed by atoms with van der Waals surface area (Å²) in [6, 6.07) is 13.6. The van der Waals surface area contributed by atoms with Gasteiger partial charge in [-0.1, -0.05) is 47.7 Å². The van der Waals surface area contributed by atoms with E-state index >= 15 is 0 Å². The summed E-state index contributed by atoms with van der Waals surface area (Å²) in [7, 11) is 1.46. The third kappa shape index (κ3) is 3.85. The number of methoxy groups -OCH3 is 1. The van der Waals surface area contributed by atoms with Crippen molar-refractivity contribution < 1.29 is 19.4 Å². The third-order valence-corrected chi connectivity index (χ3v) is 6.12. The Morgan fingerprint density at radius 1 is 1.25 bits per heavy atom. The zero-order valence-electron chi connectivity index (χ0n) is 17.9. The van der Waals surface area contributed by atoms with Gasteiger partial charge >= 0.3 is 5.97 Å². The lowest BCUT2D eigenvalue weighted by molar-refractivity contribution is -0.139. The maximum Gasteiger partial charge on any atom is 0.338 e. The van der Waals surface area contributed by atoms with Crippen LogP contribution in [0.2, 0.25) is 0 Å². The summed E-state index contributed by atoms with van der Waals surface area (Å²) >= 11 is 1.24. The monoisotopic (exact) mass is 450 g/mol. The van der Waals surface area contributed by atoms with Crippen LogP contribution in [0.5, 0.6) is 11.5 Å². The SMILES string of the molecule is CCOC(=O)C1=C(C)N=c2s/c(=C/c3ccc(O)c(OC)c3)c(=O)n2[C@@H]1c1ccccc1. The molecule has 0 saturated heterocycles. The summed E-state index contributed by atoms with van der Waals surface area (Å²) in [5.74, 6) is -0.154. The highest BCUT2D eigenvalue weighted by atomic mass is 32.1. The lowest BCUT2D eigenvalue weighted by atomic mass is 9.96. The van der Waals surface area contributed by atoms with Crippen LogP contribution in [0.15, 0.2) is 69.6 Å². The number of fused-ring (bicyclic) bond motifs is 1. The van der Waals surface area contributed by atoms with Crippen LogP contribution in [0, 0.1) is 0 Å². The number of esters is 1. The van der Waals surface area contributed by atoms with Gasteiger partial charge in [0.25, 0.3) is 5.56 Å². The maximum atomic E-state index is 13.5. The molecule has 1 aliphatic heterocycles. The summed E-state index contributed by atoms with van der Waals surface area (Å²) in [6.45, 7) is 3.72. The first-order valence-electron chi connectivity index (χ1n) is 10.1. The van der Waals surface area contributed by atoms with Gasteiger partial charge in [-0.15, -0.1) is 0 Å². The summed E-state index contributed by atoms with van der Waals surface area (Å²) in [6.07, 6.45) is 1.72. The number of phenols is 1. The van der Waals surface area contributed by atoms with E-state index in [2.05, 4.69) is 4.99 Å². The average molecular weight is 451 g/mol. The van der Waals surface area contributed by atoms with Crippen molar-refractivity contribution in [1.82, 2.24) is 4.57 Å². The summed E-state index contributed by atoms with van der Waals surface area (Å²) < 4.78 is 12.4. The second-order valence-corrected chi connectivity index (χ2v) is 8.15. The third-order valence-electron chi connectivity index (χ3n) is 5.13. The minimum absolute atomic E-state index is 0.0184. The largest absolute Gasteiger partial charge is 0.504 e. The van der Waals surface area contributed by atoms with Gasteiger partial charge in [0.1, 0.15) is 0 Å². The van der Waals surface area contributed by atoms with Gasteiger partial charge in [0.05, 0.1) is 35.6 Å². The molecule has 7 nitrogen and oxygen atoms in total. The molecule has 164 valence electrons. The molecule has 1 aliphatic rings. The summed E-state index contributed by atoms with van der Waals surface area (Å²) in [5.41, 5.74) is 2.11. The molecule has 2 aromatic carbocycles. The Balaban J connectivity index is 1.93. The number of nitrogens with zero attached hydrogens (tertiary/aromatic N) is 2. The number of carbonyl (C=O) groups is 1. The molecule has 0 amide bonds. The molecule has 8 heteroatoms. The van der Waals surface area contributed by atoms with E-state index in [0.717, 1.165) is 5.56 Å². The van der Waals surface area contributed by atoms with Gasteiger partial charge in [-0.05, 0) is 43.2 Å². The molecule has 4 rings (SSSR count). The first-order valence-corrected chi connectivity index (χ1v) is 10.9. The van der Waals surface area contributed by atoms with Crippen LogP contribution in [-0.4, -0.2) is 29.4 Å². The predicted molar refractivity (Wildman–Crippen MR) is 121 cm³/mol. The van der Waals surface area contributed by atoms with Gasteiger partial charge in [0.2, 0.25) is 0 Å². The van der Waals surface area contributed by atoms with Crippen LogP contribution >= 0.6 is 11.3 Å². The van der Waals surface area contributed by atoms with Gasteiger partial charge in [-0.2, -0.15) is 0 Å². The van der Waals surface area contributed by atoms with Crippen molar-refractivity contribution in [3.05, 3.63) is 90.6 Å².